The molecular formula is C24H40Br2N4. The maximum Gasteiger partial charge on any atom is 0.244 e. The summed E-state index contributed by atoms with van der Waals surface area (Å²) in [7, 11) is 0. The lowest BCUT2D eigenvalue weighted by Crippen LogP contribution is -3.00. The largest absolute Gasteiger partial charge is 1.00 e. The molecule has 2 heterocycles. The molecule has 0 spiro atoms. The molecule has 0 saturated heterocycles. The molecule has 6 heteroatoms. The number of hydrogen-bond acceptors (Lipinski definition) is 0. The van der Waals surface area contributed by atoms with Gasteiger partial charge >= 0.3 is 0 Å². The van der Waals surface area contributed by atoms with E-state index < -0.39 is 0 Å². The van der Waals surface area contributed by atoms with Crippen molar-refractivity contribution < 1.29 is 43.1 Å². The minimum absolute atomic E-state index is 0. The summed E-state index contributed by atoms with van der Waals surface area (Å²) in [5, 5.41) is 0. The highest BCUT2D eigenvalue weighted by molar-refractivity contribution is 5.88. The molecule has 0 aliphatic rings. The van der Waals surface area contributed by atoms with Gasteiger partial charge in [0.05, 0.1) is 26.2 Å². The van der Waals surface area contributed by atoms with Crippen LogP contribution in [0.4, 0.5) is 0 Å². The van der Waals surface area contributed by atoms with E-state index in [9.17, 15) is 0 Å². The van der Waals surface area contributed by atoms with Crippen LogP contribution in [0.1, 0.15) is 79.1 Å². The van der Waals surface area contributed by atoms with Crippen LogP contribution in [-0.4, -0.2) is 9.13 Å². The molecule has 0 aliphatic carbocycles. The molecule has 2 aromatic heterocycles. The van der Waals surface area contributed by atoms with E-state index in [4.69, 9.17) is 0 Å². The average Bonchev–Trinajstić information content (AvgIpc) is 3.23. The molecule has 0 aliphatic heterocycles. The van der Waals surface area contributed by atoms with Crippen LogP contribution in [0.15, 0.2) is 24.8 Å². The van der Waals surface area contributed by atoms with Gasteiger partial charge in [-0.15, -0.1) is 0 Å². The fourth-order valence-electron chi connectivity index (χ4n) is 4.09. The molecule has 0 amide bonds. The quantitative estimate of drug-likeness (QED) is 0.271. The first-order chi connectivity index (χ1) is 13.7. The van der Waals surface area contributed by atoms with Gasteiger partial charge in [-0.05, 0) is 25.7 Å². The summed E-state index contributed by atoms with van der Waals surface area (Å²) in [5.41, 5.74) is 5.59. The number of halogens is 2. The summed E-state index contributed by atoms with van der Waals surface area (Å²) >= 11 is 0. The number of hydrogen-bond donors (Lipinski definition) is 0. The molecule has 1 aromatic carbocycles. The Hall–Kier alpha value is -0.880. The van der Waals surface area contributed by atoms with Crippen molar-refractivity contribution in [3.63, 3.8) is 0 Å². The Kier molecular flexibility index (Phi) is 12.2. The summed E-state index contributed by atoms with van der Waals surface area (Å²) in [4.78, 5) is 0. The van der Waals surface area contributed by atoms with Crippen molar-refractivity contribution in [2.24, 2.45) is 0 Å². The third-order valence-corrected chi connectivity index (χ3v) is 5.88. The third kappa shape index (κ3) is 6.09. The molecule has 30 heavy (non-hydrogen) atoms. The lowest BCUT2D eigenvalue weighted by Gasteiger charge is -1.98. The van der Waals surface area contributed by atoms with Crippen LogP contribution >= 0.6 is 0 Å². The summed E-state index contributed by atoms with van der Waals surface area (Å²) in [6, 6.07) is 4.92. The number of aromatic nitrogens is 4. The summed E-state index contributed by atoms with van der Waals surface area (Å²) in [6.07, 6.45) is 14.6. The first-order valence-corrected chi connectivity index (χ1v) is 11.7. The minimum Gasteiger partial charge on any atom is -1.00 e. The Morgan fingerprint density at radius 3 is 1.37 bits per heavy atom. The van der Waals surface area contributed by atoms with Gasteiger partial charge in [-0.1, -0.05) is 53.4 Å². The van der Waals surface area contributed by atoms with Crippen LogP contribution in [-0.2, 0) is 26.2 Å². The van der Waals surface area contributed by atoms with Gasteiger partial charge < -0.3 is 34.0 Å². The van der Waals surface area contributed by atoms with E-state index in [1.807, 2.05) is 0 Å². The van der Waals surface area contributed by atoms with Gasteiger partial charge in [-0.3, -0.25) is 0 Å². The normalized spacial score (nSPS) is 11.1. The Bertz CT molecular complexity index is 759. The van der Waals surface area contributed by atoms with Crippen LogP contribution in [0.2, 0.25) is 0 Å². The molecule has 3 aromatic rings. The lowest BCUT2D eigenvalue weighted by atomic mass is 10.2. The molecule has 0 saturated carbocycles. The lowest BCUT2D eigenvalue weighted by molar-refractivity contribution is -0.676. The molecule has 0 N–H and O–H groups in total. The van der Waals surface area contributed by atoms with E-state index in [2.05, 4.69) is 70.8 Å². The van der Waals surface area contributed by atoms with Crippen molar-refractivity contribution in [2.45, 2.75) is 105 Å². The summed E-state index contributed by atoms with van der Waals surface area (Å²) in [6.45, 7) is 13.6. The van der Waals surface area contributed by atoms with Gasteiger partial charge in [-0.2, -0.15) is 0 Å². The van der Waals surface area contributed by atoms with Crippen LogP contribution in [0.3, 0.4) is 0 Å². The molecule has 0 bridgehead atoms. The number of rotatable bonds is 12. The van der Waals surface area contributed by atoms with Crippen LogP contribution < -0.4 is 43.1 Å². The second-order valence-electron chi connectivity index (χ2n) is 8.25. The SMILES string of the molecule is CCCCn1c[n+](CCCC)c2cc3c(cc21)n(CCCC)c[n+]3CCCC.[Br-].[Br-]. The average molecular weight is 544 g/mol. The van der Waals surface area contributed by atoms with Crippen molar-refractivity contribution in [3.05, 3.63) is 24.8 Å². The summed E-state index contributed by atoms with van der Waals surface area (Å²) < 4.78 is 9.95. The predicted molar refractivity (Wildman–Crippen MR) is 117 cm³/mol. The van der Waals surface area contributed by atoms with Gasteiger partial charge in [0, 0.05) is 12.1 Å². The highest BCUT2D eigenvalue weighted by atomic mass is 79.9. The molecule has 0 atom stereocenters. The van der Waals surface area contributed by atoms with Crippen molar-refractivity contribution in [2.75, 3.05) is 0 Å². The maximum absolute atomic E-state index is 2.49. The molecule has 0 radical (unpaired) electrons. The fourth-order valence-corrected chi connectivity index (χ4v) is 4.09. The summed E-state index contributed by atoms with van der Waals surface area (Å²) in [5.74, 6) is 0. The molecular weight excluding hydrogens is 504 g/mol. The Morgan fingerprint density at radius 1 is 0.600 bits per heavy atom. The topological polar surface area (TPSA) is 17.6 Å². The van der Waals surface area contributed by atoms with Crippen LogP contribution in [0.25, 0.3) is 22.1 Å². The van der Waals surface area contributed by atoms with E-state index in [-0.39, 0.29) is 34.0 Å². The number of fused-ring (bicyclic) bond motifs is 2. The number of benzene rings is 1. The van der Waals surface area contributed by atoms with Crippen molar-refractivity contribution >= 4 is 22.1 Å². The number of imidazole rings is 2. The Morgan fingerprint density at radius 2 is 1.00 bits per heavy atom. The van der Waals surface area contributed by atoms with Gasteiger partial charge in [-0.25, -0.2) is 18.3 Å². The standard InChI is InChI=1S/C24H40N4.2BrH/c1-5-9-13-25-19-26(14-10-6-2)22-18-24-23(17-21(22)25)27(15-11-7-3)20-28(24)16-12-8-4;;/h17-20H,5-16H2,1-4H3;2*1H/q+2;;/p-2. The van der Waals surface area contributed by atoms with Gasteiger partial charge in [0.15, 0.2) is 22.1 Å². The number of aryl methyl sites for hydroxylation is 4. The second-order valence-corrected chi connectivity index (χ2v) is 8.25. The monoisotopic (exact) mass is 542 g/mol. The van der Waals surface area contributed by atoms with E-state index in [1.54, 1.807) is 0 Å². The molecule has 0 fully saturated rings. The van der Waals surface area contributed by atoms with E-state index in [0.717, 1.165) is 26.2 Å². The third-order valence-electron chi connectivity index (χ3n) is 5.88. The molecule has 0 unspecified atom stereocenters. The van der Waals surface area contributed by atoms with E-state index in [0.29, 0.717) is 0 Å². The smallest absolute Gasteiger partial charge is 0.244 e. The zero-order valence-corrected chi connectivity index (χ0v) is 22.5. The minimum atomic E-state index is 0. The Balaban J connectivity index is 0.00000225. The second kappa shape index (κ2) is 13.5. The highest BCUT2D eigenvalue weighted by Gasteiger charge is 2.23. The molecule has 170 valence electrons. The zero-order chi connectivity index (χ0) is 19.9. The van der Waals surface area contributed by atoms with Crippen molar-refractivity contribution in [1.29, 1.82) is 0 Å². The van der Waals surface area contributed by atoms with Crippen molar-refractivity contribution in [1.82, 2.24) is 9.13 Å². The van der Waals surface area contributed by atoms with Crippen molar-refractivity contribution in [3.8, 4) is 0 Å². The first kappa shape index (κ1) is 27.2. The van der Waals surface area contributed by atoms with Crippen LogP contribution in [0.5, 0.6) is 0 Å². The highest BCUT2D eigenvalue weighted by Crippen LogP contribution is 2.21. The van der Waals surface area contributed by atoms with E-state index >= 15 is 0 Å². The maximum atomic E-state index is 2.49. The predicted octanol–water partition coefficient (Wildman–Crippen LogP) is -0.621. The molecule has 3 rings (SSSR count). The van der Waals surface area contributed by atoms with E-state index in [1.165, 1.54) is 73.4 Å². The van der Waals surface area contributed by atoms with Gasteiger partial charge in [0.25, 0.3) is 0 Å². The Labute approximate surface area is 203 Å². The molecule has 4 nitrogen and oxygen atoms in total. The number of nitrogens with zero attached hydrogens (tertiary/aromatic N) is 4. The number of unbranched alkanes of at least 4 members (excludes halogenated alkanes) is 4. The zero-order valence-electron chi connectivity index (χ0n) is 19.3. The fraction of sp³-hybridized carbons (Fsp3) is 0.667. The van der Waals surface area contributed by atoms with Gasteiger partial charge in [0.1, 0.15) is 0 Å². The van der Waals surface area contributed by atoms with Crippen LogP contribution in [0, 0.1) is 0 Å². The van der Waals surface area contributed by atoms with Gasteiger partial charge in [0.2, 0.25) is 12.7 Å². The first-order valence-electron chi connectivity index (χ1n) is 11.7.